The fraction of sp³-hybridized carbons (Fsp3) is 0.611. The molecule has 2 N–H and O–H groups in total. The van der Waals surface area contributed by atoms with E-state index in [-0.39, 0.29) is 18.1 Å². The van der Waals surface area contributed by atoms with E-state index >= 15 is 0 Å². The smallest absolute Gasteiger partial charge is 0.315 e. The standard InChI is InChI=1S/C18H29N3O4/c1-13(12-21-7-9-25-10-8-21)19-18(22)20-14(2)16-6-5-15(23-3)11-17(16)24-4/h5-6,11,13-14H,7-10,12H2,1-4H3,(H2,19,20,22). The van der Waals surface area contributed by atoms with E-state index in [1.165, 1.54) is 0 Å². The summed E-state index contributed by atoms with van der Waals surface area (Å²) in [5, 5.41) is 5.95. The van der Waals surface area contributed by atoms with E-state index in [4.69, 9.17) is 14.2 Å². The van der Waals surface area contributed by atoms with Crippen LogP contribution in [0.1, 0.15) is 25.5 Å². The minimum absolute atomic E-state index is 0.0584. The summed E-state index contributed by atoms with van der Waals surface area (Å²) in [7, 11) is 3.22. The van der Waals surface area contributed by atoms with E-state index in [1.54, 1.807) is 14.2 Å². The Labute approximate surface area is 149 Å². The molecule has 140 valence electrons. The monoisotopic (exact) mass is 351 g/mol. The second-order valence-corrected chi connectivity index (χ2v) is 6.26. The molecule has 0 radical (unpaired) electrons. The molecule has 2 amide bonds. The van der Waals surface area contributed by atoms with Crippen molar-refractivity contribution in [1.82, 2.24) is 15.5 Å². The molecule has 7 heteroatoms. The minimum Gasteiger partial charge on any atom is -0.497 e. The first-order valence-electron chi connectivity index (χ1n) is 8.62. The van der Waals surface area contributed by atoms with Gasteiger partial charge >= 0.3 is 6.03 Å². The highest BCUT2D eigenvalue weighted by atomic mass is 16.5. The number of carbonyl (C=O) groups excluding carboxylic acids is 1. The van der Waals surface area contributed by atoms with Crippen molar-refractivity contribution < 1.29 is 19.0 Å². The molecule has 1 aliphatic rings. The maximum Gasteiger partial charge on any atom is 0.315 e. The molecule has 0 saturated carbocycles. The van der Waals surface area contributed by atoms with Crippen LogP contribution in [0.2, 0.25) is 0 Å². The number of rotatable bonds is 7. The lowest BCUT2D eigenvalue weighted by atomic mass is 10.1. The van der Waals surface area contributed by atoms with Gasteiger partial charge in [-0.25, -0.2) is 4.79 Å². The van der Waals surface area contributed by atoms with Crippen molar-refractivity contribution in [3.8, 4) is 11.5 Å². The van der Waals surface area contributed by atoms with E-state index in [9.17, 15) is 4.79 Å². The van der Waals surface area contributed by atoms with Crippen molar-refractivity contribution in [2.24, 2.45) is 0 Å². The van der Waals surface area contributed by atoms with Gasteiger partial charge in [0.2, 0.25) is 0 Å². The predicted molar refractivity (Wildman–Crippen MR) is 96.3 cm³/mol. The Balaban J connectivity index is 1.86. The number of urea groups is 1. The molecule has 0 spiro atoms. The lowest BCUT2D eigenvalue weighted by Crippen LogP contribution is -2.48. The molecule has 0 aromatic heterocycles. The predicted octanol–water partition coefficient (Wildman–Crippen LogP) is 1.78. The van der Waals surface area contributed by atoms with Gasteiger partial charge in [-0.2, -0.15) is 0 Å². The molecule has 25 heavy (non-hydrogen) atoms. The zero-order valence-corrected chi connectivity index (χ0v) is 15.5. The SMILES string of the molecule is COc1ccc(C(C)NC(=O)NC(C)CN2CCOCC2)c(OC)c1. The van der Waals surface area contributed by atoms with E-state index in [0.29, 0.717) is 5.75 Å². The van der Waals surface area contributed by atoms with Gasteiger partial charge in [-0.15, -0.1) is 0 Å². The van der Waals surface area contributed by atoms with Gasteiger partial charge < -0.3 is 24.8 Å². The molecule has 1 fully saturated rings. The Morgan fingerprint density at radius 2 is 1.92 bits per heavy atom. The minimum atomic E-state index is -0.189. The number of ether oxygens (including phenoxy) is 3. The second kappa shape index (κ2) is 9.48. The van der Waals surface area contributed by atoms with Crippen molar-refractivity contribution in [1.29, 1.82) is 0 Å². The maximum absolute atomic E-state index is 12.3. The topological polar surface area (TPSA) is 72.1 Å². The summed E-state index contributed by atoms with van der Waals surface area (Å²) in [5.41, 5.74) is 0.902. The Kier molecular flexibility index (Phi) is 7.33. The van der Waals surface area contributed by atoms with E-state index in [2.05, 4.69) is 15.5 Å². The van der Waals surface area contributed by atoms with Crippen LogP contribution in [-0.2, 0) is 4.74 Å². The first-order chi connectivity index (χ1) is 12.0. The average molecular weight is 351 g/mol. The number of morpholine rings is 1. The zero-order valence-electron chi connectivity index (χ0n) is 15.5. The summed E-state index contributed by atoms with van der Waals surface area (Å²) in [6.07, 6.45) is 0. The molecule has 1 heterocycles. The molecule has 0 bridgehead atoms. The Morgan fingerprint density at radius 3 is 2.56 bits per heavy atom. The van der Waals surface area contributed by atoms with Gasteiger partial charge in [-0.3, -0.25) is 4.90 Å². The number of hydrogen-bond donors (Lipinski definition) is 2. The van der Waals surface area contributed by atoms with E-state index < -0.39 is 0 Å². The molecular formula is C18H29N3O4. The van der Waals surface area contributed by atoms with E-state index in [1.807, 2.05) is 32.0 Å². The van der Waals surface area contributed by atoms with Gasteiger partial charge in [0.05, 0.1) is 33.5 Å². The van der Waals surface area contributed by atoms with Crippen LogP contribution >= 0.6 is 0 Å². The van der Waals surface area contributed by atoms with Crippen LogP contribution in [0.25, 0.3) is 0 Å². The molecule has 7 nitrogen and oxygen atoms in total. The summed E-state index contributed by atoms with van der Waals surface area (Å²) in [4.78, 5) is 14.6. The second-order valence-electron chi connectivity index (χ2n) is 6.26. The summed E-state index contributed by atoms with van der Waals surface area (Å²) in [6.45, 7) is 8.09. The summed E-state index contributed by atoms with van der Waals surface area (Å²) in [6, 6.07) is 5.26. The average Bonchev–Trinajstić information content (AvgIpc) is 2.61. The van der Waals surface area contributed by atoms with Crippen LogP contribution in [-0.4, -0.2) is 64.0 Å². The third-order valence-corrected chi connectivity index (χ3v) is 4.27. The van der Waals surface area contributed by atoms with Gasteiger partial charge in [-0.1, -0.05) is 0 Å². The molecule has 1 aromatic carbocycles. The highest BCUT2D eigenvalue weighted by Gasteiger charge is 2.18. The highest BCUT2D eigenvalue weighted by molar-refractivity contribution is 5.74. The first kappa shape index (κ1) is 19.3. The Bertz CT molecular complexity index is 561. The molecule has 0 aliphatic carbocycles. The van der Waals surface area contributed by atoms with Crippen LogP contribution in [0, 0.1) is 0 Å². The van der Waals surface area contributed by atoms with Crippen molar-refractivity contribution in [3.63, 3.8) is 0 Å². The van der Waals surface area contributed by atoms with Crippen LogP contribution in [0.15, 0.2) is 18.2 Å². The lowest BCUT2D eigenvalue weighted by molar-refractivity contribution is 0.0349. The number of benzene rings is 1. The third-order valence-electron chi connectivity index (χ3n) is 4.27. The quantitative estimate of drug-likeness (QED) is 0.784. The van der Waals surface area contributed by atoms with Crippen LogP contribution in [0.4, 0.5) is 4.79 Å². The normalized spacial score (nSPS) is 17.4. The number of nitrogens with one attached hydrogen (secondary N) is 2. The van der Waals surface area contributed by atoms with Gasteiger partial charge in [0.15, 0.2) is 0 Å². The Morgan fingerprint density at radius 1 is 1.20 bits per heavy atom. The summed E-state index contributed by atoms with van der Waals surface area (Å²) >= 11 is 0. The number of nitrogens with zero attached hydrogens (tertiary/aromatic N) is 1. The molecule has 2 rings (SSSR count). The molecular weight excluding hydrogens is 322 g/mol. The molecule has 2 atom stereocenters. The summed E-state index contributed by atoms with van der Waals surface area (Å²) < 4.78 is 15.9. The summed E-state index contributed by atoms with van der Waals surface area (Å²) in [5.74, 6) is 1.41. The van der Waals surface area contributed by atoms with Crippen molar-refractivity contribution in [2.45, 2.75) is 25.9 Å². The van der Waals surface area contributed by atoms with Crippen molar-refractivity contribution in [3.05, 3.63) is 23.8 Å². The van der Waals surface area contributed by atoms with E-state index in [0.717, 1.165) is 44.2 Å². The van der Waals surface area contributed by atoms with Crippen LogP contribution in [0.5, 0.6) is 11.5 Å². The molecule has 2 unspecified atom stereocenters. The fourth-order valence-electron chi connectivity index (χ4n) is 2.93. The van der Waals surface area contributed by atoms with Gasteiger partial charge in [0, 0.05) is 37.3 Å². The van der Waals surface area contributed by atoms with Gasteiger partial charge in [-0.05, 0) is 26.0 Å². The molecule has 1 saturated heterocycles. The Hall–Kier alpha value is -1.99. The van der Waals surface area contributed by atoms with Crippen molar-refractivity contribution >= 4 is 6.03 Å². The van der Waals surface area contributed by atoms with Crippen LogP contribution in [0.3, 0.4) is 0 Å². The number of amides is 2. The number of hydrogen-bond acceptors (Lipinski definition) is 5. The largest absolute Gasteiger partial charge is 0.497 e. The van der Waals surface area contributed by atoms with Crippen LogP contribution < -0.4 is 20.1 Å². The van der Waals surface area contributed by atoms with Gasteiger partial charge in [0.25, 0.3) is 0 Å². The van der Waals surface area contributed by atoms with Crippen molar-refractivity contribution in [2.75, 3.05) is 47.1 Å². The third kappa shape index (κ3) is 5.79. The van der Waals surface area contributed by atoms with Gasteiger partial charge in [0.1, 0.15) is 11.5 Å². The maximum atomic E-state index is 12.3. The highest BCUT2D eigenvalue weighted by Crippen LogP contribution is 2.29. The number of carbonyl (C=O) groups is 1. The fourth-order valence-corrected chi connectivity index (χ4v) is 2.93. The first-order valence-corrected chi connectivity index (χ1v) is 8.62. The number of methoxy groups -OCH3 is 2. The zero-order chi connectivity index (χ0) is 18.2. The lowest BCUT2D eigenvalue weighted by Gasteiger charge is -2.29. The molecule has 1 aliphatic heterocycles. The molecule has 1 aromatic rings.